The highest BCUT2D eigenvalue weighted by molar-refractivity contribution is 9.10. The third kappa shape index (κ3) is 2.64. The van der Waals surface area contributed by atoms with E-state index in [1.807, 2.05) is 0 Å². The summed E-state index contributed by atoms with van der Waals surface area (Å²) in [7, 11) is 0. The molecule has 2 rings (SSSR count). The molecule has 0 saturated carbocycles. The monoisotopic (exact) mass is 343 g/mol. The van der Waals surface area contributed by atoms with E-state index in [1.165, 1.54) is 29.8 Å². The van der Waals surface area contributed by atoms with Crippen LogP contribution in [0.4, 0.5) is 10.1 Å². The molecule has 106 valence electrons. The van der Waals surface area contributed by atoms with Gasteiger partial charge in [0.1, 0.15) is 5.69 Å². The second kappa shape index (κ2) is 5.58. The van der Waals surface area contributed by atoms with Crippen LogP contribution in [0, 0.1) is 22.9 Å². The number of hydrogen-bond donors (Lipinski definition) is 0. The predicted octanol–water partition coefficient (Wildman–Crippen LogP) is 3.81. The lowest BCUT2D eigenvalue weighted by Gasteiger charge is -2.07. The van der Waals surface area contributed by atoms with Crippen molar-refractivity contribution in [2.24, 2.45) is 0 Å². The zero-order chi connectivity index (χ0) is 14.9. The van der Waals surface area contributed by atoms with Crippen molar-refractivity contribution < 1.29 is 14.1 Å². The van der Waals surface area contributed by atoms with Crippen LogP contribution in [-0.2, 0) is 6.54 Å². The summed E-state index contributed by atoms with van der Waals surface area (Å²) < 4.78 is 21.0. The molecule has 0 spiro atoms. The maximum atomic E-state index is 13.7. The van der Waals surface area contributed by atoms with Crippen molar-refractivity contribution >= 4 is 21.6 Å². The minimum absolute atomic E-state index is 0.0769. The molecule has 0 N–H and O–H groups in total. The predicted molar refractivity (Wildman–Crippen MR) is 73.5 cm³/mol. The Morgan fingerprint density at radius 3 is 2.85 bits per heavy atom. The van der Waals surface area contributed by atoms with E-state index >= 15 is 0 Å². The maximum absolute atomic E-state index is 13.7. The van der Waals surface area contributed by atoms with Crippen LogP contribution in [0.3, 0.4) is 0 Å². The van der Waals surface area contributed by atoms with Gasteiger partial charge in [-0.1, -0.05) is 15.9 Å². The number of benzene rings is 1. The topological polar surface area (TPSA) is 70.2 Å². The Morgan fingerprint density at radius 2 is 2.25 bits per heavy atom. The highest BCUT2D eigenvalue weighted by Gasteiger charge is 2.27. The van der Waals surface area contributed by atoms with Gasteiger partial charge in [0.25, 0.3) is 5.88 Å². The van der Waals surface area contributed by atoms with E-state index in [-0.39, 0.29) is 23.0 Å². The van der Waals surface area contributed by atoms with E-state index in [2.05, 4.69) is 21.0 Å². The van der Waals surface area contributed by atoms with Crippen LogP contribution in [0.1, 0.15) is 12.6 Å². The molecule has 6 nitrogen and oxygen atoms in total. The first-order chi connectivity index (χ1) is 9.43. The molecule has 1 aromatic heterocycles. The van der Waals surface area contributed by atoms with Gasteiger partial charge < -0.3 is 4.74 Å². The van der Waals surface area contributed by atoms with Gasteiger partial charge in [0.05, 0.1) is 4.92 Å². The fourth-order valence-electron chi connectivity index (χ4n) is 1.74. The summed E-state index contributed by atoms with van der Waals surface area (Å²) in [6.07, 6.45) is 0. The quantitative estimate of drug-likeness (QED) is 0.625. The number of nitro groups is 1. The van der Waals surface area contributed by atoms with Gasteiger partial charge in [0.2, 0.25) is 0 Å². The molecule has 0 bridgehead atoms. The van der Waals surface area contributed by atoms with Gasteiger partial charge in [-0.05, 0) is 32.0 Å². The minimum Gasteiger partial charge on any atom is -0.431 e. The summed E-state index contributed by atoms with van der Waals surface area (Å²) in [5.41, 5.74) is -0.0338. The van der Waals surface area contributed by atoms with Crippen molar-refractivity contribution in [2.75, 3.05) is 0 Å². The Labute approximate surface area is 122 Å². The van der Waals surface area contributed by atoms with E-state index in [0.717, 1.165) is 0 Å². The third-order valence-corrected chi connectivity index (χ3v) is 3.13. The molecule has 0 atom stereocenters. The molecule has 0 aliphatic rings. The Kier molecular flexibility index (Phi) is 4.03. The number of ether oxygens (including phenoxy) is 1. The van der Waals surface area contributed by atoms with E-state index in [4.69, 9.17) is 4.74 Å². The molecule has 0 aliphatic heterocycles. The van der Waals surface area contributed by atoms with E-state index in [9.17, 15) is 14.5 Å². The Balaban J connectivity index is 2.52. The molecule has 20 heavy (non-hydrogen) atoms. The van der Waals surface area contributed by atoms with Crippen molar-refractivity contribution in [1.82, 2.24) is 9.78 Å². The van der Waals surface area contributed by atoms with Crippen LogP contribution in [-0.4, -0.2) is 14.7 Å². The molecule has 1 heterocycles. The Bertz CT molecular complexity index is 672. The summed E-state index contributed by atoms with van der Waals surface area (Å²) in [4.78, 5) is 10.5. The van der Waals surface area contributed by atoms with E-state index in [0.29, 0.717) is 11.0 Å². The van der Waals surface area contributed by atoms with Gasteiger partial charge >= 0.3 is 5.69 Å². The lowest BCUT2D eigenvalue weighted by molar-refractivity contribution is -0.386. The molecular weight excluding hydrogens is 333 g/mol. The van der Waals surface area contributed by atoms with Gasteiger partial charge in [-0.15, -0.1) is 0 Å². The molecule has 1 aromatic carbocycles. The number of rotatable bonds is 4. The number of halogens is 2. The third-order valence-electron chi connectivity index (χ3n) is 2.63. The molecule has 0 aliphatic carbocycles. The van der Waals surface area contributed by atoms with Crippen LogP contribution < -0.4 is 4.74 Å². The molecule has 0 fully saturated rings. The van der Waals surface area contributed by atoms with Crippen LogP contribution in [0.25, 0.3) is 0 Å². The summed E-state index contributed by atoms with van der Waals surface area (Å²) in [6, 6.07) is 4.13. The van der Waals surface area contributed by atoms with Crippen molar-refractivity contribution in [1.29, 1.82) is 0 Å². The lowest BCUT2D eigenvalue weighted by atomic mass is 10.3. The van der Waals surface area contributed by atoms with Crippen LogP contribution >= 0.6 is 15.9 Å². The Hall–Kier alpha value is -1.96. The standard InChI is InChI=1S/C12H11BrFN3O3/c1-3-16-12(11(17(18)19)7(2)15-16)20-10-6-8(13)4-5-9(10)14/h4-6H,3H2,1-2H3. The van der Waals surface area contributed by atoms with Gasteiger partial charge in [0.15, 0.2) is 11.6 Å². The largest absolute Gasteiger partial charge is 0.431 e. The normalized spacial score (nSPS) is 10.6. The number of hydrogen-bond acceptors (Lipinski definition) is 4. The minimum atomic E-state index is -0.607. The van der Waals surface area contributed by atoms with E-state index < -0.39 is 10.7 Å². The van der Waals surface area contributed by atoms with Gasteiger partial charge in [-0.2, -0.15) is 5.10 Å². The van der Waals surface area contributed by atoms with Crippen molar-refractivity contribution in [3.8, 4) is 11.6 Å². The smallest absolute Gasteiger partial charge is 0.353 e. The molecule has 8 heteroatoms. The fraction of sp³-hybridized carbons (Fsp3) is 0.250. The average molecular weight is 344 g/mol. The van der Waals surface area contributed by atoms with Crippen molar-refractivity contribution in [3.63, 3.8) is 0 Å². The molecule has 0 unspecified atom stereocenters. The molecule has 0 saturated heterocycles. The SMILES string of the molecule is CCn1nc(C)c([N+](=O)[O-])c1Oc1cc(Br)ccc1F. The summed E-state index contributed by atoms with van der Waals surface area (Å²) in [5.74, 6) is -0.784. The highest BCUT2D eigenvalue weighted by atomic mass is 79.9. The first-order valence-electron chi connectivity index (χ1n) is 5.78. The molecule has 0 radical (unpaired) electrons. The first-order valence-corrected chi connectivity index (χ1v) is 6.58. The molecular formula is C12H11BrFN3O3. The average Bonchev–Trinajstić information content (AvgIpc) is 2.70. The molecule has 0 amide bonds. The van der Waals surface area contributed by atoms with Gasteiger partial charge in [-0.25, -0.2) is 9.07 Å². The van der Waals surface area contributed by atoms with Gasteiger partial charge in [0, 0.05) is 11.0 Å². The van der Waals surface area contributed by atoms with E-state index in [1.54, 1.807) is 6.92 Å². The summed E-state index contributed by atoms with van der Waals surface area (Å²) in [6.45, 7) is 3.65. The van der Waals surface area contributed by atoms with Crippen molar-refractivity contribution in [2.45, 2.75) is 20.4 Å². The zero-order valence-corrected chi connectivity index (χ0v) is 12.3. The Morgan fingerprint density at radius 1 is 1.55 bits per heavy atom. The van der Waals surface area contributed by atoms with Gasteiger partial charge in [-0.3, -0.25) is 10.1 Å². The van der Waals surface area contributed by atoms with Crippen LogP contribution in [0.2, 0.25) is 0 Å². The number of nitrogens with zero attached hydrogens (tertiary/aromatic N) is 3. The lowest BCUT2D eigenvalue weighted by Crippen LogP contribution is -2.02. The first kappa shape index (κ1) is 14.4. The highest BCUT2D eigenvalue weighted by Crippen LogP contribution is 2.35. The fourth-order valence-corrected chi connectivity index (χ4v) is 2.08. The molecule has 2 aromatic rings. The summed E-state index contributed by atoms with van der Waals surface area (Å²) in [5, 5.41) is 15.1. The number of aromatic nitrogens is 2. The number of aryl methyl sites for hydroxylation is 2. The second-order valence-electron chi connectivity index (χ2n) is 3.99. The second-order valence-corrected chi connectivity index (χ2v) is 4.90. The zero-order valence-electron chi connectivity index (χ0n) is 10.8. The van der Waals surface area contributed by atoms with Crippen LogP contribution in [0.15, 0.2) is 22.7 Å². The van der Waals surface area contributed by atoms with Crippen molar-refractivity contribution in [3.05, 3.63) is 44.3 Å². The summed E-state index contributed by atoms with van der Waals surface area (Å²) >= 11 is 3.19. The van der Waals surface area contributed by atoms with Crippen LogP contribution in [0.5, 0.6) is 11.6 Å². The maximum Gasteiger partial charge on any atom is 0.353 e.